The molecule has 1 aliphatic rings. The molecule has 1 saturated heterocycles. The number of aryl methyl sites for hydroxylation is 1. The van der Waals surface area contributed by atoms with Crippen LogP contribution in [0, 0.1) is 12.8 Å². The Hall–Kier alpha value is -0.910. The lowest BCUT2D eigenvalue weighted by atomic mass is 9.95. The molecule has 2 rings (SSSR count). The molecule has 0 saturated carbocycles. The van der Waals surface area contributed by atoms with Crippen LogP contribution in [-0.4, -0.2) is 32.4 Å². The Labute approximate surface area is 128 Å². The van der Waals surface area contributed by atoms with E-state index >= 15 is 0 Å². The van der Waals surface area contributed by atoms with E-state index in [9.17, 15) is 8.42 Å². The number of benzene rings is 1. The SMILES string of the molecule is CNCc1ccc(C)c(S(=O)(=O)N2CCC(C)CC2C)c1. The lowest BCUT2D eigenvalue weighted by molar-refractivity contribution is 0.220. The van der Waals surface area contributed by atoms with Crippen LogP contribution in [-0.2, 0) is 16.6 Å². The van der Waals surface area contributed by atoms with Crippen molar-refractivity contribution in [3.63, 3.8) is 0 Å². The Balaban J connectivity index is 2.37. The van der Waals surface area contributed by atoms with Gasteiger partial charge in [-0.25, -0.2) is 8.42 Å². The number of nitrogens with zero attached hydrogens (tertiary/aromatic N) is 1. The van der Waals surface area contributed by atoms with E-state index in [1.54, 1.807) is 4.31 Å². The van der Waals surface area contributed by atoms with Gasteiger partial charge in [0.15, 0.2) is 0 Å². The maximum absolute atomic E-state index is 13.0. The smallest absolute Gasteiger partial charge is 0.243 e. The summed E-state index contributed by atoms with van der Waals surface area (Å²) in [5, 5.41) is 3.07. The number of rotatable bonds is 4. The summed E-state index contributed by atoms with van der Waals surface area (Å²) >= 11 is 0. The molecule has 1 fully saturated rings. The van der Waals surface area contributed by atoms with E-state index < -0.39 is 10.0 Å². The van der Waals surface area contributed by atoms with Crippen molar-refractivity contribution in [2.24, 2.45) is 5.92 Å². The van der Waals surface area contributed by atoms with Gasteiger partial charge in [0.2, 0.25) is 10.0 Å². The number of piperidine rings is 1. The minimum atomic E-state index is -3.40. The van der Waals surface area contributed by atoms with Crippen molar-refractivity contribution in [2.45, 2.75) is 51.1 Å². The Morgan fingerprint density at radius 2 is 2.05 bits per heavy atom. The van der Waals surface area contributed by atoms with Gasteiger partial charge in [-0.3, -0.25) is 0 Å². The van der Waals surface area contributed by atoms with Crippen LogP contribution in [0.25, 0.3) is 0 Å². The highest BCUT2D eigenvalue weighted by Crippen LogP contribution is 2.29. The van der Waals surface area contributed by atoms with E-state index in [-0.39, 0.29) is 6.04 Å². The maximum atomic E-state index is 13.0. The predicted molar refractivity (Wildman–Crippen MR) is 85.7 cm³/mol. The molecule has 1 heterocycles. The Morgan fingerprint density at radius 3 is 2.67 bits per heavy atom. The van der Waals surface area contributed by atoms with Crippen molar-refractivity contribution in [1.29, 1.82) is 0 Å². The molecule has 0 bridgehead atoms. The van der Waals surface area contributed by atoms with Gasteiger partial charge in [-0.05, 0) is 56.8 Å². The highest BCUT2D eigenvalue weighted by molar-refractivity contribution is 7.89. The zero-order chi connectivity index (χ0) is 15.6. The summed E-state index contributed by atoms with van der Waals surface area (Å²) in [7, 11) is -1.54. The van der Waals surface area contributed by atoms with Crippen molar-refractivity contribution in [1.82, 2.24) is 9.62 Å². The lowest BCUT2D eigenvalue weighted by Gasteiger charge is -2.35. The average Bonchev–Trinajstić information content (AvgIpc) is 2.40. The molecule has 2 unspecified atom stereocenters. The highest BCUT2D eigenvalue weighted by Gasteiger charge is 2.34. The van der Waals surface area contributed by atoms with Crippen molar-refractivity contribution >= 4 is 10.0 Å². The molecule has 0 aliphatic carbocycles. The fraction of sp³-hybridized carbons (Fsp3) is 0.625. The van der Waals surface area contributed by atoms with Crippen molar-refractivity contribution in [2.75, 3.05) is 13.6 Å². The number of hydrogen-bond acceptors (Lipinski definition) is 3. The molecule has 0 amide bonds. The molecule has 2 atom stereocenters. The largest absolute Gasteiger partial charge is 0.316 e. The molecule has 1 aromatic carbocycles. The van der Waals surface area contributed by atoms with E-state index in [0.717, 1.165) is 24.0 Å². The molecule has 0 radical (unpaired) electrons. The molecular weight excluding hydrogens is 284 g/mol. The molecular formula is C16H26N2O2S. The molecule has 1 aromatic rings. The Kier molecular flexibility index (Phi) is 5.07. The van der Waals surface area contributed by atoms with Crippen LogP contribution >= 0.6 is 0 Å². The first-order valence-electron chi connectivity index (χ1n) is 7.62. The van der Waals surface area contributed by atoms with Gasteiger partial charge in [-0.1, -0.05) is 19.1 Å². The average molecular weight is 310 g/mol. The molecule has 4 nitrogen and oxygen atoms in total. The second-order valence-corrected chi connectivity index (χ2v) is 8.08. The molecule has 1 N–H and O–H groups in total. The standard InChI is InChI=1S/C16H26N2O2S/c1-12-7-8-18(14(3)9-12)21(19,20)16-10-15(11-17-4)6-5-13(16)2/h5-6,10,12,14,17H,7-9,11H2,1-4H3. The van der Waals surface area contributed by atoms with Gasteiger partial charge in [0.05, 0.1) is 4.90 Å². The zero-order valence-electron chi connectivity index (χ0n) is 13.4. The summed E-state index contributed by atoms with van der Waals surface area (Å²) in [6, 6.07) is 5.76. The summed E-state index contributed by atoms with van der Waals surface area (Å²) in [5.74, 6) is 0.600. The first-order valence-corrected chi connectivity index (χ1v) is 9.06. The molecule has 5 heteroatoms. The van der Waals surface area contributed by atoms with Gasteiger partial charge < -0.3 is 5.32 Å². The second-order valence-electron chi connectivity index (χ2n) is 6.22. The molecule has 1 aliphatic heterocycles. The van der Waals surface area contributed by atoms with Crippen LogP contribution in [0.4, 0.5) is 0 Å². The van der Waals surface area contributed by atoms with Gasteiger partial charge in [0, 0.05) is 19.1 Å². The molecule has 0 spiro atoms. The van der Waals surface area contributed by atoms with Crippen molar-refractivity contribution in [3.05, 3.63) is 29.3 Å². The van der Waals surface area contributed by atoms with E-state index in [2.05, 4.69) is 12.2 Å². The second kappa shape index (κ2) is 6.46. The third-order valence-corrected chi connectivity index (χ3v) is 6.45. The van der Waals surface area contributed by atoms with Crippen LogP contribution in [0.1, 0.15) is 37.8 Å². The fourth-order valence-electron chi connectivity index (χ4n) is 3.11. The van der Waals surface area contributed by atoms with E-state index in [0.29, 0.717) is 23.9 Å². The summed E-state index contributed by atoms with van der Waals surface area (Å²) in [6.45, 7) is 7.38. The van der Waals surface area contributed by atoms with E-state index in [1.165, 1.54) is 0 Å². The monoisotopic (exact) mass is 310 g/mol. The van der Waals surface area contributed by atoms with Crippen molar-refractivity contribution < 1.29 is 8.42 Å². The van der Waals surface area contributed by atoms with E-state index in [1.807, 2.05) is 39.1 Å². The first kappa shape index (κ1) is 16.5. The van der Waals surface area contributed by atoms with Gasteiger partial charge in [-0.15, -0.1) is 0 Å². The van der Waals surface area contributed by atoms with Gasteiger partial charge in [-0.2, -0.15) is 4.31 Å². The summed E-state index contributed by atoms with van der Waals surface area (Å²) in [5.41, 5.74) is 1.82. The normalized spacial score (nSPS) is 24.2. The molecule has 0 aromatic heterocycles. The van der Waals surface area contributed by atoms with Crippen molar-refractivity contribution in [3.8, 4) is 0 Å². The summed E-state index contributed by atoms with van der Waals surface area (Å²) < 4.78 is 27.7. The first-order chi connectivity index (χ1) is 9.86. The predicted octanol–water partition coefficient (Wildman–Crippen LogP) is 2.52. The quantitative estimate of drug-likeness (QED) is 0.929. The number of hydrogen-bond donors (Lipinski definition) is 1. The summed E-state index contributed by atoms with van der Waals surface area (Å²) in [4.78, 5) is 0.455. The summed E-state index contributed by atoms with van der Waals surface area (Å²) in [6.07, 6.45) is 1.88. The lowest BCUT2D eigenvalue weighted by Crippen LogP contribution is -2.44. The minimum absolute atomic E-state index is 0.0751. The van der Waals surface area contributed by atoms with Crippen LogP contribution in [0.5, 0.6) is 0 Å². The Morgan fingerprint density at radius 1 is 1.33 bits per heavy atom. The molecule has 21 heavy (non-hydrogen) atoms. The van der Waals surface area contributed by atoms with E-state index in [4.69, 9.17) is 0 Å². The number of nitrogens with one attached hydrogen (secondary N) is 1. The van der Waals surface area contributed by atoms with Crippen LogP contribution in [0.2, 0.25) is 0 Å². The van der Waals surface area contributed by atoms with Crippen LogP contribution in [0.3, 0.4) is 0 Å². The topological polar surface area (TPSA) is 49.4 Å². The molecule has 118 valence electrons. The van der Waals surface area contributed by atoms with Crippen LogP contribution < -0.4 is 5.32 Å². The van der Waals surface area contributed by atoms with Crippen LogP contribution in [0.15, 0.2) is 23.1 Å². The van der Waals surface area contributed by atoms with Gasteiger partial charge in [0.1, 0.15) is 0 Å². The van der Waals surface area contributed by atoms with Gasteiger partial charge >= 0.3 is 0 Å². The maximum Gasteiger partial charge on any atom is 0.243 e. The fourth-order valence-corrected chi connectivity index (χ4v) is 5.04. The highest BCUT2D eigenvalue weighted by atomic mass is 32.2. The third-order valence-electron chi connectivity index (χ3n) is 4.30. The Bertz CT molecular complexity index is 598. The third kappa shape index (κ3) is 3.47. The zero-order valence-corrected chi connectivity index (χ0v) is 14.2. The van der Waals surface area contributed by atoms with Gasteiger partial charge in [0.25, 0.3) is 0 Å². The number of sulfonamides is 1. The minimum Gasteiger partial charge on any atom is -0.316 e.